The lowest BCUT2D eigenvalue weighted by Crippen LogP contribution is -2.37. The standard InChI is InChI=1S/C20H21ClN2O3/c1-13-10-16(18(26-2)11-15(13)21)22-19(24)12-20(25)23-9-5-7-14-6-3-4-8-17(14)23/h3-4,6,8,10-11H,5,7,9,12H2,1-2H3,(H,22,24). The Labute approximate surface area is 157 Å². The number of hydrogen-bond acceptors (Lipinski definition) is 3. The summed E-state index contributed by atoms with van der Waals surface area (Å²) in [4.78, 5) is 26.7. The minimum atomic E-state index is -0.377. The Bertz CT molecular complexity index is 851. The van der Waals surface area contributed by atoms with Gasteiger partial charge in [-0.25, -0.2) is 0 Å². The molecule has 26 heavy (non-hydrogen) atoms. The fraction of sp³-hybridized carbons (Fsp3) is 0.300. The van der Waals surface area contributed by atoms with Crippen molar-refractivity contribution in [2.45, 2.75) is 26.2 Å². The number of amides is 2. The molecule has 0 unspecified atom stereocenters. The van der Waals surface area contributed by atoms with Gasteiger partial charge in [-0.05, 0) is 43.0 Å². The molecule has 0 saturated carbocycles. The Kier molecular flexibility index (Phi) is 5.47. The van der Waals surface area contributed by atoms with E-state index in [2.05, 4.69) is 5.32 Å². The minimum Gasteiger partial charge on any atom is -0.495 e. The molecule has 2 aromatic rings. The van der Waals surface area contributed by atoms with E-state index in [9.17, 15) is 9.59 Å². The molecule has 0 radical (unpaired) electrons. The van der Waals surface area contributed by atoms with Crippen molar-refractivity contribution >= 4 is 34.8 Å². The first-order chi connectivity index (χ1) is 12.5. The number of fused-ring (bicyclic) bond motifs is 1. The average Bonchev–Trinajstić information content (AvgIpc) is 2.63. The number of carbonyl (C=O) groups is 2. The van der Waals surface area contributed by atoms with E-state index in [1.54, 1.807) is 17.0 Å². The summed E-state index contributed by atoms with van der Waals surface area (Å²) in [7, 11) is 1.51. The zero-order chi connectivity index (χ0) is 18.7. The Hall–Kier alpha value is -2.53. The molecule has 1 heterocycles. The highest BCUT2D eigenvalue weighted by atomic mass is 35.5. The zero-order valence-corrected chi connectivity index (χ0v) is 15.6. The third-order valence-corrected chi connectivity index (χ3v) is 4.89. The highest BCUT2D eigenvalue weighted by molar-refractivity contribution is 6.31. The van der Waals surface area contributed by atoms with Gasteiger partial charge >= 0.3 is 0 Å². The van der Waals surface area contributed by atoms with Crippen LogP contribution in [0.15, 0.2) is 36.4 Å². The van der Waals surface area contributed by atoms with E-state index < -0.39 is 0 Å². The molecule has 1 N–H and O–H groups in total. The molecule has 1 aliphatic rings. The van der Waals surface area contributed by atoms with Gasteiger partial charge in [0.05, 0.1) is 12.8 Å². The van der Waals surface area contributed by atoms with Crippen molar-refractivity contribution in [2.75, 3.05) is 23.9 Å². The number of anilines is 2. The fourth-order valence-corrected chi connectivity index (χ4v) is 3.30. The normalized spacial score (nSPS) is 13.1. The Balaban J connectivity index is 1.71. The number of ether oxygens (including phenoxy) is 1. The predicted molar refractivity (Wildman–Crippen MR) is 103 cm³/mol. The lowest BCUT2D eigenvalue weighted by atomic mass is 10.0. The largest absolute Gasteiger partial charge is 0.495 e. The number of methoxy groups -OCH3 is 1. The molecule has 0 atom stereocenters. The molecule has 0 bridgehead atoms. The Morgan fingerprint density at radius 2 is 2.04 bits per heavy atom. The third-order valence-electron chi connectivity index (χ3n) is 4.48. The van der Waals surface area contributed by atoms with Gasteiger partial charge in [-0.2, -0.15) is 0 Å². The summed E-state index contributed by atoms with van der Waals surface area (Å²) in [6.45, 7) is 2.47. The first-order valence-electron chi connectivity index (χ1n) is 8.52. The van der Waals surface area contributed by atoms with Gasteiger partial charge in [-0.3, -0.25) is 9.59 Å². The van der Waals surface area contributed by atoms with E-state index in [1.807, 2.05) is 31.2 Å². The molecular formula is C20H21ClN2O3. The number of carbonyl (C=O) groups excluding carboxylic acids is 2. The second kappa shape index (κ2) is 7.79. The van der Waals surface area contributed by atoms with Crippen LogP contribution < -0.4 is 15.0 Å². The highest BCUT2D eigenvalue weighted by Gasteiger charge is 2.24. The molecule has 136 valence electrons. The van der Waals surface area contributed by atoms with Crippen molar-refractivity contribution in [2.24, 2.45) is 0 Å². The maximum Gasteiger partial charge on any atom is 0.236 e. The monoisotopic (exact) mass is 372 g/mol. The van der Waals surface area contributed by atoms with Crippen LogP contribution in [-0.2, 0) is 16.0 Å². The van der Waals surface area contributed by atoms with Gasteiger partial charge in [-0.1, -0.05) is 29.8 Å². The predicted octanol–water partition coefficient (Wildman–Crippen LogP) is 3.97. The summed E-state index contributed by atoms with van der Waals surface area (Å²) in [5, 5.41) is 3.31. The van der Waals surface area contributed by atoms with Gasteiger partial charge in [-0.15, -0.1) is 0 Å². The number of para-hydroxylation sites is 1. The lowest BCUT2D eigenvalue weighted by molar-refractivity contribution is -0.125. The summed E-state index contributed by atoms with van der Waals surface area (Å²) >= 11 is 6.08. The van der Waals surface area contributed by atoms with Crippen molar-refractivity contribution in [1.29, 1.82) is 0 Å². The Morgan fingerprint density at radius 1 is 1.27 bits per heavy atom. The van der Waals surface area contributed by atoms with Crippen molar-refractivity contribution in [3.63, 3.8) is 0 Å². The molecule has 2 amide bonds. The van der Waals surface area contributed by atoms with E-state index in [4.69, 9.17) is 16.3 Å². The van der Waals surface area contributed by atoms with Crippen molar-refractivity contribution < 1.29 is 14.3 Å². The van der Waals surface area contributed by atoms with Crippen LogP contribution in [-0.4, -0.2) is 25.5 Å². The van der Waals surface area contributed by atoms with Gasteiger partial charge in [0.2, 0.25) is 11.8 Å². The number of benzene rings is 2. The number of nitrogens with zero attached hydrogens (tertiary/aromatic N) is 1. The number of rotatable bonds is 4. The maximum absolute atomic E-state index is 12.6. The molecule has 0 fully saturated rings. The maximum atomic E-state index is 12.6. The van der Waals surface area contributed by atoms with E-state index in [1.165, 1.54) is 7.11 Å². The highest BCUT2D eigenvalue weighted by Crippen LogP contribution is 2.31. The number of nitrogens with one attached hydrogen (secondary N) is 1. The van der Waals surface area contributed by atoms with Gasteiger partial charge < -0.3 is 15.0 Å². The van der Waals surface area contributed by atoms with E-state index >= 15 is 0 Å². The van der Waals surface area contributed by atoms with Crippen LogP contribution in [0.25, 0.3) is 0 Å². The summed E-state index contributed by atoms with van der Waals surface area (Å²) in [6, 6.07) is 11.2. The molecule has 2 aromatic carbocycles. The van der Waals surface area contributed by atoms with Crippen LogP contribution in [0, 0.1) is 6.92 Å². The van der Waals surface area contributed by atoms with E-state index in [0.717, 1.165) is 29.7 Å². The van der Waals surface area contributed by atoms with Crippen LogP contribution in [0.2, 0.25) is 5.02 Å². The van der Waals surface area contributed by atoms with Crippen molar-refractivity contribution in [1.82, 2.24) is 0 Å². The number of aryl methyl sites for hydroxylation is 2. The first kappa shape index (κ1) is 18.3. The van der Waals surface area contributed by atoms with Crippen LogP contribution in [0.5, 0.6) is 5.75 Å². The molecule has 0 aliphatic carbocycles. The van der Waals surface area contributed by atoms with Gasteiger partial charge in [0.15, 0.2) is 0 Å². The smallest absolute Gasteiger partial charge is 0.236 e. The van der Waals surface area contributed by atoms with Gasteiger partial charge in [0.25, 0.3) is 0 Å². The molecule has 6 heteroatoms. The Morgan fingerprint density at radius 3 is 2.81 bits per heavy atom. The summed E-state index contributed by atoms with van der Waals surface area (Å²) < 4.78 is 5.26. The molecule has 1 aliphatic heterocycles. The molecule has 3 rings (SSSR count). The second-order valence-corrected chi connectivity index (χ2v) is 6.71. The van der Waals surface area contributed by atoms with Crippen LogP contribution >= 0.6 is 11.6 Å². The number of hydrogen-bond donors (Lipinski definition) is 1. The zero-order valence-electron chi connectivity index (χ0n) is 14.8. The van der Waals surface area contributed by atoms with Gasteiger partial charge in [0.1, 0.15) is 12.2 Å². The fourth-order valence-electron chi connectivity index (χ4n) is 3.15. The molecule has 0 spiro atoms. The average molecular weight is 373 g/mol. The molecule has 5 nitrogen and oxygen atoms in total. The van der Waals surface area contributed by atoms with Crippen LogP contribution in [0.1, 0.15) is 24.0 Å². The number of halogens is 1. The lowest BCUT2D eigenvalue weighted by Gasteiger charge is -2.29. The quantitative estimate of drug-likeness (QED) is 0.826. The van der Waals surface area contributed by atoms with Crippen LogP contribution in [0.3, 0.4) is 0 Å². The van der Waals surface area contributed by atoms with Crippen LogP contribution in [0.4, 0.5) is 11.4 Å². The molecule has 0 saturated heterocycles. The topological polar surface area (TPSA) is 58.6 Å². The summed E-state index contributed by atoms with van der Waals surface area (Å²) in [5.74, 6) is -0.123. The van der Waals surface area contributed by atoms with Crippen molar-refractivity contribution in [3.8, 4) is 5.75 Å². The summed E-state index contributed by atoms with van der Waals surface area (Å²) in [5.41, 5.74) is 3.37. The summed E-state index contributed by atoms with van der Waals surface area (Å²) in [6.07, 6.45) is 1.63. The first-order valence-corrected chi connectivity index (χ1v) is 8.89. The molecule has 0 aromatic heterocycles. The SMILES string of the molecule is COc1cc(Cl)c(C)cc1NC(=O)CC(=O)N1CCCc2ccccc21. The van der Waals surface area contributed by atoms with E-state index in [0.29, 0.717) is 23.0 Å². The minimum absolute atomic E-state index is 0.209. The van der Waals surface area contributed by atoms with Gasteiger partial charge in [0, 0.05) is 23.3 Å². The second-order valence-electron chi connectivity index (χ2n) is 6.30. The third kappa shape index (κ3) is 3.83. The van der Waals surface area contributed by atoms with E-state index in [-0.39, 0.29) is 18.2 Å². The van der Waals surface area contributed by atoms with Crippen molar-refractivity contribution in [3.05, 3.63) is 52.5 Å². The molecular weight excluding hydrogens is 352 g/mol.